The quantitative estimate of drug-likeness (QED) is 0.675. The summed E-state index contributed by atoms with van der Waals surface area (Å²) in [5.74, 6) is 0.596. The Balaban J connectivity index is 1.82. The van der Waals surface area contributed by atoms with Crippen molar-refractivity contribution >= 4 is 27.8 Å². The Hall–Kier alpha value is -2.48. The Morgan fingerprint density at radius 2 is 1.89 bits per heavy atom. The molecule has 0 bridgehead atoms. The molecule has 2 heterocycles. The van der Waals surface area contributed by atoms with Crippen LogP contribution in [0.1, 0.15) is 57.6 Å². The van der Waals surface area contributed by atoms with Crippen LogP contribution in [0.25, 0.3) is 0 Å². The van der Waals surface area contributed by atoms with Crippen LogP contribution < -0.4 is 14.8 Å². The Morgan fingerprint density at radius 3 is 2.54 bits per heavy atom. The summed E-state index contributed by atoms with van der Waals surface area (Å²) in [5.41, 5.74) is 2.79. The summed E-state index contributed by atoms with van der Waals surface area (Å²) < 4.78 is 17.1. The fourth-order valence-corrected chi connectivity index (χ4v) is 3.91. The number of benzene rings is 1. The van der Waals surface area contributed by atoms with E-state index in [1.807, 2.05) is 19.1 Å². The van der Waals surface area contributed by atoms with Crippen molar-refractivity contribution < 1.29 is 23.8 Å². The topological polar surface area (TPSA) is 89.7 Å². The third kappa shape index (κ3) is 3.87. The molecule has 150 valence electrons. The SMILES string of the molecule is CCOC(=O)c1c(C)[nH]c(C(=O)NC(C)c2cc3c(cc2Br)OCCO3)c1C. The first-order valence-electron chi connectivity index (χ1n) is 9.09. The third-order valence-electron chi connectivity index (χ3n) is 4.62. The van der Waals surface area contributed by atoms with Crippen LogP contribution in [-0.4, -0.2) is 36.7 Å². The van der Waals surface area contributed by atoms with Crippen LogP contribution in [0.2, 0.25) is 0 Å². The highest BCUT2D eigenvalue weighted by molar-refractivity contribution is 9.10. The number of aromatic nitrogens is 1. The number of hydrogen-bond acceptors (Lipinski definition) is 5. The summed E-state index contributed by atoms with van der Waals surface area (Å²) in [5, 5.41) is 2.96. The molecule has 0 saturated carbocycles. The second-order valence-electron chi connectivity index (χ2n) is 6.56. The summed E-state index contributed by atoms with van der Waals surface area (Å²) in [4.78, 5) is 28.0. The highest BCUT2D eigenvalue weighted by Crippen LogP contribution is 2.37. The van der Waals surface area contributed by atoms with Crippen LogP contribution in [0.3, 0.4) is 0 Å². The van der Waals surface area contributed by atoms with Gasteiger partial charge in [0.05, 0.1) is 18.2 Å². The second kappa shape index (κ2) is 8.26. The molecular weight excluding hydrogens is 428 g/mol. The van der Waals surface area contributed by atoms with Crippen molar-refractivity contribution in [3.05, 3.63) is 44.7 Å². The number of halogens is 1. The van der Waals surface area contributed by atoms with Gasteiger partial charge in [-0.25, -0.2) is 4.79 Å². The molecule has 2 N–H and O–H groups in total. The number of ether oxygens (including phenoxy) is 3. The van der Waals surface area contributed by atoms with E-state index in [0.29, 0.717) is 47.2 Å². The van der Waals surface area contributed by atoms with Gasteiger partial charge in [-0.1, -0.05) is 15.9 Å². The first-order valence-corrected chi connectivity index (χ1v) is 9.89. The first kappa shape index (κ1) is 20.3. The first-order chi connectivity index (χ1) is 13.3. The van der Waals surface area contributed by atoms with Crippen LogP contribution in [-0.2, 0) is 4.74 Å². The third-order valence-corrected chi connectivity index (χ3v) is 5.31. The summed E-state index contributed by atoms with van der Waals surface area (Å²) in [6.07, 6.45) is 0. The van der Waals surface area contributed by atoms with Gasteiger partial charge in [-0.3, -0.25) is 4.79 Å². The van der Waals surface area contributed by atoms with Crippen LogP contribution in [0.15, 0.2) is 16.6 Å². The van der Waals surface area contributed by atoms with Crippen molar-refractivity contribution in [3.63, 3.8) is 0 Å². The van der Waals surface area contributed by atoms with E-state index in [1.165, 1.54) is 0 Å². The van der Waals surface area contributed by atoms with Gasteiger partial charge in [-0.15, -0.1) is 0 Å². The maximum atomic E-state index is 12.8. The van der Waals surface area contributed by atoms with Crippen molar-refractivity contribution in [1.29, 1.82) is 0 Å². The minimum absolute atomic E-state index is 0.277. The second-order valence-corrected chi connectivity index (χ2v) is 7.41. The van der Waals surface area contributed by atoms with Gasteiger partial charge >= 0.3 is 5.97 Å². The zero-order chi connectivity index (χ0) is 20.4. The number of rotatable bonds is 5. The fourth-order valence-electron chi connectivity index (χ4n) is 3.24. The summed E-state index contributed by atoms with van der Waals surface area (Å²) in [6.45, 7) is 8.39. The zero-order valence-corrected chi connectivity index (χ0v) is 17.9. The van der Waals surface area contributed by atoms with E-state index in [9.17, 15) is 9.59 Å². The number of carbonyl (C=O) groups excluding carboxylic acids is 2. The van der Waals surface area contributed by atoms with Crippen molar-refractivity contribution in [2.45, 2.75) is 33.7 Å². The number of aromatic amines is 1. The molecule has 1 aliphatic heterocycles. The van der Waals surface area contributed by atoms with E-state index in [0.717, 1.165) is 10.0 Å². The van der Waals surface area contributed by atoms with E-state index in [4.69, 9.17) is 14.2 Å². The molecule has 0 spiro atoms. The van der Waals surface area contributed by atoms with Crippen LogP contribution >= 0.6 is 15.9 Å². The van der Waals surface area contributed by atoms with E-state index >= 15 is 0 Å². The highest BCUT2D eigenvalue weighted by Gasteiger charge is 2.25. The zero-order valence-electron chi connectivity index (χ0n) is 16.3. The average Bonchev–Trinajstić information content (AvgIpc) is 2.95. The Morgan fingerprint density at radius 1 is 1.25 bits per heavy atom. The molecular formula is C20H23BrN2O5. The number of fused-ring (bicyclic) bond motifs is 1. The largest absolute Gasteiger partial charge is 0.486 e. The fraction of sp³-hybridized carbons (Fsp3) is 0.400. The Labute approximate surface area is 171 Å². The monoisotopic (exact) mass is 450 g/mol. The molecule has 0 saturated heterocycles. The van der Waals surface area contributed by atoms with Crippen molar-refractivity contribution in [3.8, 4) is 11.5 Å². The molecule has 28 heavy (non-hydrogen) atoms. The number of hydrogen-bond donors (Lipinski definition) is 2. The summed E-state index contributed by atoms with van der Waals surface area (Å²) in [7, 11) is 0. The predicted octanol–water partition coefficient (Wildman–Crippen LogP) is 3.83. The molecule has 3 rings (SSSR count). The molecule has 0 fully saturated rings. The molecule has 1 amide bonds. The lowest BCUT2D eigenvalue weighted by Crippen LogP contribution is -2.28. The van der Waals surface area contributed by atoms with Gasteiger partial charge in [0.1, 0.15) is 18.9 Å². The van der Waals surface area contributed by atoms with Gasteiger partial charge < -0.3 is 24.5 Å². The lowest BCUT2D eigenvalue weighted by Gasteiger charge is -2.22. The Bertz CT molecular complexity index is 922. The maximum absolute atomic E-state index is 12.8. The number of amides is 1. The van der Waals surface area contributed by atoms with Gasteiger partial charge in [-0.05, 0) is 51.0 Å². The minimum Gasteiger partial charge on any atom is -0.486 e. The van der Waals surface area contributed by atoms with E-state index < -0.39 is 5.97 Å². The van der Waals surface area contributed by atoms with Gasteiger partial charge in [0.15, 0.2) is 11.5 Å². The van der Waals surface area contributed by atoms with E-state index in [1.54, 1.807) is 20.8 Å². The molecule has 1 unspecified atom stereocenters. The molecule has 7 nitrogen and oxygen atoms in total. The summed E-state index contributed by atoms with van der Waals surface area (Å²) in [6, 6.07) is 3.40. The predicted molar refractivity (Wildman–Crippen MR) is 107 cm³/mol. The number of aryl methyl sites for hydroxylation is 1. The molecule has 1 aromatic carbocycles. The summed E-state index contributed by atoms with van der Waals surface area (Å²) >= 11 is 3.53. The maximum Gasteiger partial charge on any atom is 0.340 e. The minimum atomic E-state index is -0.435. The van der Waals surface area contributed by atoms with Crippen molar-refractivity contribution in [2.75, 3.05) is 19.8 Å². The van der Waals surface area contributed by atoms with Gasteiger partial charge in [0.25, 0.3) is 5.91 Å². The smallest absolute Gasteiger partial charge is 0.340 e. The molecule has 0 radical (unpaired) electrons. The number of carbonyl (C=O) groups is 2. The van der Waals surface area contributed by atoms with E-state index in [2.05, 4.69) is 26.2 Å². The molecule has 8 heteroatoms. The lowest BCUT2D eigenvalue weighted by atomic mass is 10.1. The molecule has 0 aliphatic carbocycles. The Kier molecular flexibility index (Phi) is 5.98. The number of esters is 1. The number of nitrogens with one attached hydrogen (secondary N) is 2. The normalized spacial score (nSPS) is 13.8. The van der Waals surface area contributed by atoms with E-state index in [-0.39, 0.29) is 18.6 Å². The lowest BCUT2D eigenvalue weighted by molar-refractivity contribution is 0.0525. The molecule has 2 aromatic rings. The average molecular weight is 451 g/mol. The van der Waals surface area contributed by atoms with Crippen molar-refractivity contribution in [1.82, 2.24) is 10.3 Å². The molecule has 1 atom stereocenters. The standard InChI is InChI=1S/C20H23BrN2O5/c1-5-26-20(25)17-10(2)18(22-12(17)4)19(24)23-11(3)13-8-15-16(9-14(13)21)28-7-6-27-15/h8-9,11,22H,5-7H2,1-4H3,(H,23,24). The van der Waals surface area contributed by atoms with Crippen molar-refractivity contribution in [2.24, 2.45) is 0 Å². The molecule has 1 aliphatic rings. The molecule has 1 aromatic heterocycles. The van der Waals surface area contributed by atoms with Crippen LogP contribution in [0.5, 0.6) is 11.5 Å². The van der Waals surface area contributed by atoms with Gasteiger partial charge in [0, 0.05) is 10.2 Å². The van der Waals surface area contributed by atoms with Crippen LogP contribution in [0, 0.1) is 13.8 Å². The van der Waals surface area contributed by atoms with Gasteiger partial charge in [0.2, 0.25) is 0 Å². The van der Waals surface area contributed by atoms with Crippen LogP contribution in [0.4, 0.5) is 0 Å². The van der Waals surface area contributed by atoms with Gasteiger partial charge in [-0.2, -0.15) is 0 Å². The highest BCUT2D eigenvalue weighted by atomic mass is 79.9. The number of H-pyrrole nitrogens is 1.